The highest BCUT2D eigenvalue weighted by Gasteiger charge is 2.36. The average Bonchev–Trinajstić information content (AvgIpc) is 2.81. The summed E-state index contributed by atoms with van der Waals surface area (Å²) in [6.07, 6.45) is 1.06. The van der Waals surface area contributed by atoms with Crippen LogP contribution in [-0.2, 0) is 20.9 Å². The van der Waals surface area contributed by atoms with Crippen molar-refractivity contribution < 1.29 is 19.1 Å². The van der Waals surface area contributed by atoms with Gasteiger partial charge in [0.2, 0.25) is 5.91 Å². The molecule has 3 rings (SSSR count). The highest BCUT2D eigenvalue weighted by molar-refractivity contribution is 5.96. The summed E-state index contributed by atoms with van der Waals surface area (Å²) in [6, 6.07) is 15.2. The van der Waals surface area contributed by atoms with Crippen LogP contribution in [0.25, 0.3) is 0 Å². The van der Waals surface area contributed by atoms with Crippen LogP contribution >= 0.6 is 0 Å². The van der Waals surface area contributed by atoms with E-state index >= 15 is 0 Å². The van der Waals surface area contributed by atoms with Crippen molar-refractivity contribution >= 4 is 17.8 Å². The summed E-state index contributed by atoms with van der Waals surface area (Å²) in [5.74, 6) is -0.886. The first-order chi connectivity index (χ1) is 16.2. The molecule has 0 aromatic heterocycles. The molecule has 180 valence electrons. The van der Waals surface area contributed by atoms with Crippen LogP contribution in [0.5, 0.6) is 0 Å². The molecule has 1 aliphatic heterocycles. The zero-order chi connectivity index (χ0) is 24.8. The molecule has 0 fully saturated rings. The molecule has 0 saturated carbocycles. The predicted octanol–water partition coefficient (Wildman–Crippen LogP) is 4.88. The Morgan fingerprint density at radius 3 is 2.44 bits per heavy atom. The lowest BCUT2D eigenvalue weighted by molar-refractivity contribution is -0.140. The van der Waals surface area contributed by atoms with Crippen molar-refractivity contribution in [3.8, 4) is 0 Å². The normalized spacial score (nSPS) is 16.9. The molecular formula is C28H34N2O4. The summed E-state index contributed by atoms with van der Waals surface area (Å²) in [5, 5.41) is 2.95. The van der Waals surface area contributed by atoms with Crippen molar-refractivity contribution in [3.63, 3.8) is 0 Å². The van der Waals surface area contributed by atoms with E-state index < -0.39 is 0 Å². The van der Waals surface area contributed by atoms with E-state index in [0.717, 1.165) is 23.1 Å². The average molecular weight is 463 g/mol. The molecule has 1 heterocycles. The number of aryl methyl sites for hydroxylation is 1. The lowest BCUT2D eigenvalue weighted by atomic mass is 9.83. The molecule has 2 aromatic rings. The van der Waals surface area contributed by atoms with Crippen molar-refractivity contribution in [1.82, 2.24) is 10.2 Å². The van der Waals surface area contributed by atoms with E-state index in [-0.39, 0.29) is 42.8 Å². The fourth-order valence-corrected chi connectivity index (χ4v) is 4.20. The van der Waals surface area contributed by atoms with Gasteiger partial charge in [0.25, 0.3) is 5.91 Å². The number of benzene rings is 2. The molecular weight excluding hydrogens is 428 g/mol. The van der Waals surface area contributed by atoms with Gasteiger partial charge < -0.3 is 15.0 Å². The molecule has 1 aliphatic rings. The van der Waals surface area contributed by atoms with E-state index in [2.05, 4.69) is 5.32 Å². The van der Waals surface area contributed by atoms with Gasteiger partial charge in [0, 0.05) is 29.6 Å². The minimum absolute atomic E-state index is 0.0457. The summed E-state index contributed by atoms with van der Waals surface area (Å²) < 4.78 is 5.37. The summed E-state index contributed by atoms with van der Waals surface area (Å²) in [7, 11) is 0. The van der Waals surface area contributed by atoms with Crippen LogP contribution < -0.4 is 5.32 Å². The number of ether oxygens (including phenoxy) is 1. The molecule has 2 amide bonds. The molecule has 6 heteroatoms. The van der Waals surface area contributed by atoms with Crippen LogP contribution in [0.2, 0.25) is 0 Å². The Labute approximate surface area is 202 Å². The number of nitrogens with one attached hydrogen (secondary N) is 1. The van der Waals surface area contributed by atoms with E-state index in [1.807, 2.05) is 57.2 Å². The first-order valence-corrected chi connectivity index (χ1v) is 11.9. The van der Waals surface area contributed by atoms with Gasteiger partial charge in [-0.1, -0.05) is 48.9 Å². The molecule has 0 radical (unpaired) electrons. The Balaban J connectivity index is 1.89. The summed E-state index contributed by atoms with van der Waals surface area (Å²) in [6.45, 7) is 10.2. The molecule has 2 atom stereocenters. The first-order valence-electron chi connectivity index (χ1n) is 11.9. The fraction of sp³-hybridized carbons (Fsp3) is 0.393. The lowest BCUT2D eigenvalue weighted by Gasteiger charge is -2.34. The second-order valence-corrected chi connectivity index (χ2v) is 8.85. The molecule has 0 aliphatic carbocycles. The van der Waals surface area contributed by atoms with Gasteiger partial charge in [0.1, 0.15) is 0 Å². The Bertz CT molecular complexity index is 1090. The molecule has 0 saturated heterocycles. The summed E-state index contributed by atoms with van der Waals surface area (Å²) in [4.78, 5) is 40.2. The molecule has 1 N–H and O–H groups in total. The van der Waals surface area contributed by atoms with Crippen molar-refractivity contribution in [3.05, 3.63) is 82.1 Å². The van der Waals surface area contributed by atoms with Crippen LogP contribution in [0.1, 0.15) is 73.5 Å². The van der Waals surface area contributed by atoms with Crippen LogP contribution in [0.4, 0.5) is 0 Å². The molecule has 34 heavy (non-hydrogen) atoms. The number of esters is 1. The maximum absolute atomic E-state index is 13.2. The number of hydrogen-bond donors (Lipinski definition) is 1. The topological polar surface area (TPSA) is 75.7 Å². The number of rotatable bonds is 8. The van der Waals surface area contributed by atoms with E-state index in [1.165, 1.54) is 0 Å². The van der Waals surface area contributed by atoms with Gasteiger partial charge in [-0.05, 0) is 57.4 Å². The molecule has 2 aromatic carbocycles. The lowest BCUT2D eigenvalue weighted by Crippen LogP contribution is -2.38. The summed E-state index contributed by atoms with van der Waals surface area (Å²) >= 11 is 0. The van der Waals surface area contributed by atoms with E-state index in [9.17, 15) is 14.4 Å². The zero-order valence-electron chi connectivity index (χ0n) is 20.7. The van der Waals surface area contributed by atoms with Gasteiger partial charge in [-0.25, -0.2) is 4.79 Å². The number of carbonyl (C=O) groups excluding carboxylic acids is 3. The molecule has 2 unspecified atom stereocenters. The third-order valence-electron chi connectivity index (χ3n) is 6.31. The minimum Gasteiger partial charge on any atom is -0.463 e. The molecule has 0 spiro atoms. The van der Waals surface area contributed by atoms with E-state index in [4.69, 9.17) is 4.74 Å². The third kappa shape index (κ3) is 5.74. The van der Waals surface area contributed by atoms with Gasteiger partial charge in [0.15, 0.2) is 0 Å². The Kier molecular flexibility index (Phi) is 8.26. The predicted molar refractivity (Wildman–Crippen MR) is 132 cm³/mol. The smallest absolute Gasteiger partial charge is 0.336 e. The second kappa shape index (κ2) is 11.1. The number of allylic oxidation sites excluding steroid dienone is 1. The third-order valence-corrected chi connectivity index (χ3v) is 6.31. The van der Waals surface area contributed by atoms with Crippen LogP contribution in [0, 0.1) is 6.92 Å². The van der Waals surface area contributed by atoms with Gasteiger partial charge in [-0.3, -0.25) is 9.59 Å². The quantitative estimate of drug-likeness (QED) is 0.568. The monoisotopic (exact) mass is 462 g/mol. The first kappa shape index (κ1) is 25.2. The Morgan fingerprint density at radius 2 is 1.82 bits per heavy atom. The largest absolute Gasteiger partial charge is 0.463 e. The van der Waals surface area contributed by atoms with E-state index in [1.54, 1.807) is 30.9 Å². The number of carbonyl (C=O) groups is 3. The number of nitrogens with zero attached hydrogens (tertiary/aromatic N) is 1. The van der Waals surface area contributed by atoms with Crippen molar-refractivity contribution in [2.45, 2.75) is 66.0 Å². The maximum atomic E-state index is 13.2. The van der Waals surface area contributed by atoms with Crippen molar-refractivity contribution in [2.75, 3.05) is 6.61 Å². The highest BCUT2D eigenvalue weighted by atomic mass is 16.5. The van der Waals surface area contributed by atoms with Gasteiger partial charge in [0.05, 0.1) is 18.7 Å². The van der Waals surface area contributed by atoms with Crippen LogP contribution in [-0.4, -0.2) is 35.3 Å². The van der Waals surface area contributed by atoms with Crippen LogP contribution in [0.3, 0.4) is 0 Å². The SMILES string of the molecule is CCOC(=O)C1=C(C)N(Cc2ccc(C(=O)NC(C)CC)cc2)C(=O)CC1c1cccc(C)c1. The van der Waals surface area contributed by atoms with E-state index in [0.29, 0.717) is 23.4 Å². The maximum Gasteiger partial charge on any atom is 0.336 e. The van der Waals surface area contributed by atoms with Crippen LogP contribution in [0.15, 0.2) is 59.8 Å². The Morgan fingerprint density at radius 1 is 1.12 bits per heavy atom. The minimum atomic E-state index is -0.388. The number of amides is 2. The fourth-order valence-electron chi connectivity index (χ4n) is 4.20. The second-order valence-electron chi connectivity index (χ2n) is 8.85. The van der Waals surface area contributed by atoms with Crippen molar-refractivity contribution in [1.29, 1.82) is 0 Å². The zero-order valence-corrected chi connectivity index (χ0v) is 20.7. The Hall–Kier alpha value is -3.41. The van der Waals surface area contributed by atoms with Gasteiger partial charge in [-0.15, -0.1) is 0 Å². The molecule has 6 nitrogen and oxygen atoms in total. The van der Waals surface area contributed by atoms with Gasteiger partial charge in [-0.2, -0.15) is 0 Å². The van der Waals surface area contributed by atoms with Crippen molar-refractivity contribution in [2.24, 2.45) is 0 Å². The molecule has 0 bridgehead atoms. The number of hydrogen-bond acceptors (Lipinski definition) is 4. The summed E-state index contributed by atoms with van der Waals surface area (Å²) in [5.41, 5.74) is 4.60. The highest BCUT2D eigenvalue weighted by Crippen LogP contribution is 2.38. The standard InChI is InChI=1S/C28H34N2O4/c1-6-19(4)29-27(32)22-13-11-21(12-14-22)17-30-20(5)26(28(33)34-7-2)24(16-25(30)31)23-10-8-9-18(3)15-23/h8-15,19,24H,6-7,16-17H2,1-5H3,(H,29,32). The van der Waals surface area contributed by atoms with Gasteiger partial charge >= 0.3 is 5.97 Å².